The summed E-state index contributed by atoms with van der Waals surface area (Å²) in [7, 11) is -1.71. The molecule has 2 saturated carbocycles. The summed E-state index contributed by atoms with van der Waals surface area (Å²) in [6, 6.07) is 25.0. The maximum absolute atomic E-state index is 15.0. The van der Waals surface area contributed by atoms with Crippen LogP contribution in [0.5, 0.6) is 23.1 Å². The number of aromatic nitrogens is 3. The van der Waals surface area contributed by atoms with Gasteiger partial charge < -0.3 is 39.3 Å². The number of piperazine rings is 1. The van der Waals surface area contributed by atoms with Crippen molar-refractivity contribution in [3.8, 4) is 23.1 Å². The Labute approximate surface area is 465 Å². The molecule has 6 aromatic rings. The van der Waals surface area contributed by atoms with E-state index in [0.717, 1.165) is 76.1 Å². The minimum atomic E-state index is -4.77. The Kier molecular flexibility index (Phi) is 15.3. The number of amides is 1. The Morgan fingerprint density at radius 2 is 1.69 bits per heavy atom. The maximum atomic E-state index is 15.0. The Balaban J connectivity index is 0.840. The molecule has 2 bridgehead atoms. The van der Waals surface area contributed by atoms with Crippen LogP contribution >= 0.6 is 0 Å². The quantitative estimate of drug-likeness (QED) is 0.0493. The molecule has 3 aromatic heterocycles. The lowest BCUT2D eigenvalue weighted by atomic mass is 9.56. The van der Waals surface area contributed by atoms with Crippen LogP contribution in [0, 0.1) is 27.3 Å². The van der Waals surface area contributed by atoms with E-state index in [1.165, 1.54) is 35.9 Å². The number of aromatic amines is 1. The van der Waals surface area contributed by atoms with Crippen LogP contribution in [0.4, 0.5) is 21.6 Å². The predicted molar refractivity (Wildman–Crippen MR) is 300 cm³/mol. The number of rotatable bonds is 17. The first-order valence-corrected chi connectivity index (χ1v) is 29.1. The number of fused-ring (bicyclic) bond motifs is 3. The fourth-order valence-corrected chi connectivity index (χ4v) is 14.2. The summed E-state index contributed by atoms with van der Waals surface area (Å²) in [6.45, 7) is 11.3. The molecule has 3 aliphatic heterocycles. The van der Waals surface area contributed by atoms with Crippen molar-refractivity contribution in [1.29, 1.82) is 0 Å². The van der Waals surface area contributed by atoms with E-state index in [-0.39, 0.29) is 69.3 Å². The van der Waals surface area contributed by atoms with Gasteiger partial charge in [0.1, 0.15) is 27.9 Å². The highest BCUT2D eigenvalue weighted by Crippen LogP contribution is 2.57. The van der Waals surface area contributed by atoms with Gasteiger partial charge in [-0.1, -0.05) is 50.2 Å². The van der Waals surface area contributed by atoms with Gasteiger partial charge in [0.25, 0.3) is 21.8 Å². The number of carbonyl (C=O) groups excluding carboxylic acids is 1. The standard InChI is InChI=1S/C59H70FN9O10S/c1-36(2)45-8-6-7-9-46(45)51-33-66(32-38-10-13-43(76-4)14-11-38)20-21-67(51)40-25-59(26-40)27-41-34-78-35-42(28-59)68(41)39-12-15-47(52(22-39)79-53-24-48-49(60)31-63-54(48)64-57(53)77-5)56(70)65-80(74,75)44-23-50(69(72)73)55(62-30-44)61-29-37-16-18-58(3,71)19-17-37/h6-15,22-24,30-31,36-37,40-42,51,71H,16-21,25-29,32-35H2,1-5H3,(H,61,62)(H,63,64)(H,65,70)/t37?,40?,41?,42?,51-,58?,59?/m0/s1. The molecule has 21 heteroatoms. The fraction of sp³-hybridized carbons (Fsp3) is 0.475. The van der Waals surface area contributed by atoms with Gasteiger partial charge in [0.05, 0.1) is 67.2 Å². The average Bonchev–Trinajstić information content (AvgIpc) is 3.95. The van der Waals surface area contributed by atoms with Crippen LogP contribution in [0.25, 0.3) is 11.0 Å². The van der Waals surface area contributed by atoms with Gasteiger partial charge in [0, 0.05) is 74.9 Å². The fourth-order valence-electron chi connectivity index (χ4n) is 13.3. The van der Waals surface area contributed by atoms with Gasteiger partial charge in [-0.3, -0.25) is 24.7 Å². The molecule has 11 rings (SSSR count). The van der Waals surface area contributed by atoms with Crippen molar-refractivity contribution in [3.05, 3.63) is 129 Å². The van der Waals surface area contributed by atoms with Crippen molar-refractivity contribution >= 4 is 44.2 Å². The van der Waals surface area contributed by atoms with E-state index in [1.807, 2.05) is 12.1 Å². The average molecular weight is 1120 g/mol. The van der Waals surface area contributed by atoms with E-state index in [2.05, 4.69) is 89.9 Å². The van der Waals surface area contributed by atoms with Gasteiger partial charge in [0.15, 0.2) is 5.75 Å². The lowest BCUT2D eigenvalue weighted by Gasteiger charge is -2.62. The van der Waals surface area contributed by atoms with Crippen LogP contribution in [-0.2, 0) is 21.3 Å². The van der Waals surface area contributed by atoms with Crippen LogP contribution in [0.15, 0.2) is 96.2 Å². The molecule has 1 spiro atoms. The summed E-state index contributed by atoms with van der Waals surface area (Å²) in [6.07, 6.45) is 8.56. The second-order valence-electron chi connectivity index (χ2n) is 23.2. The number of hydrogen-bond acceptors (Lipinski definition) is 16. The number of methoxy groups -OCH3 is 2. The molecule has 5 fully saturated rings. The smallest absolute Gasteiger partial charge is 0.312 e. The second-order valence-corrected chi connectivity index (χ2v) is 24.9. The molecular formula is C59H70FN9O10S. The van der Waals surface area contributed by atoms with Crippen LogP contribution in [-0.4, -0.2) is 126 Å². The first-order chi connectivity index (χ1) is 38.4. The number of sulfonamides is 1. The minimum absolute atomic E-state index is 0.0236. The lowest BCUT2D eigenvalue weighted by molar-refractivity contribution is -0.384. The zero-order chi connectivity index (χ0) is 56.1. The first-order valence-electron chi connectivity index (χ1n) is 27.7. The van der Waals surface area contributed by atoms with E-state index in [9.17, 15) is 28.4 Å². The molecule has 19 nitrogen and oxygen atoms in total. The Bertz CT molecular complexity index is 3360. The number of nitrogens with zero attached hydrogens (tertiary/aromatic N) is 6. The van der Waals surface area contributed by atoms with Crippen molar-refractivity contribution in [2.45, 2.75) is 119 Å². The molecule has 5 aliphatic rings. The summed E-state index contributed by atoms with van der Waals surface area (Å²) in [4.78, 5) is 44.3. The highest BCUT2D eigenvalue weighted by atomic mass is 32.2. The molecule has 424 valence electrons. The van der Waals surface area contributed by atoms with Crippen molar-refractivity contribution < 1.29 is 46.6 Å². The van der Waals surface area contributed by atoms with E-state index in [4.69, 9.17) is 18.9 Å². The summed E-state index contributed by atoms with van der Waals surface area (Å²) in [5.74, 6) is -0.589. The van der Waals surface area contributed by atoms with Crippen molar-refractivity contribution in [2.24, 2.45) is 11.3 Å². The number of nitro groups is 1. The number of piperidine rings is 1. The van der Waals surface area contributed by atoms with Gasteiger partial charge in [-0.25, -0.2) is 22.5 Å². The van der Waals surface area contributed by atoms with Gasteiger partial charge in [-0.05, 0) is 116 Å². The van der Waals surface area contributed by atoms with Gasteiger partial charge >= 0.3 is 5.69 Å². The number of ether oxygens (including phenoxy) is 4. The SMILES string of the molecule is COc1ccc(CN2CCN(C3CC4(CC5COCC(C4)N5c4ccc(C(=O)NS(=O)(=O)c5cnc(NCC6CCC(C)(O)CC6)c([N+](=O)[O-])c5)c(Oc5cc6c(F)c[nH]c6nc5OC)c4)C3)[C@H](c3ccccc3C(C)C)C2)cc1. The van der Waals surface area contributed by atoms with Gasteiger partial charge in [-0.15, -0.1) is 0 Å². The maximum Gasteiger partial charge on any atom is 0.312 e. The number of benzene rings is 3. The van der Waals surface area contributed by atoms with Crippen LogP contribution in [0.1, 0.15) is 111 Å². The minimum Gasteiger partial charge on any atom is -0.497 e. The van der Waals surface area contributed by atoms with Gasteiger partial charge in [0.2, 0.25) is 5.82 Å². The van der Waals surface area contributed by atoms with Crippen molar-refractivity contribution in [3.63, 3.8) is 0 Å². The Morgan fingerprint density at radius 1 is 0.963 bits per heavy atom. The molecule has 2 aliphatic carbocycles. The number of hydrogen-bond donors (Lipinski definition) is 4. The first kappa shape index (κ1) is 55.0. The number of morpholine rings is 1. The van der Waals surface area contributed by atoms with E-state index in [0.29, 0.717) is 63.1 Å². The van der Waals surface area contributed by atoms with Gasteiger partial charge in [-0.2, -0.15) is 4.98 Å². The highest BCUT2D eigenvalue weighted by Gasteiger charge is 2.55. The number of nitrogens with one attached hydrogen (secondary N) is 3. The lowest BCUT2D eigenvalue weighted by Crippen LogP contribution is -2.65. The third-order valence-corrected chi connectivity index (χ3v) is 18.7. The van der Waals surface area contributed by atoms with E-state index >= 15 is 4.39 Å². The normalized spacial score (nSPS) is 25.3. The monoisotopic (exact) mass is 1120 g/mol. The van der Waals surface area contributed by atoms with Crippen LogP contribution < -0.4 is 29.1 Å². The number of pyridine rings is 2. The third-order valence-electron chi connectivity index (χ3n) is 17.4. The third kappa shape index (κ3) is 11.3. The summed E-state index contributed by atoms with van der Waals surface area (Å²) >= 11 is 0. The Hall–Kier alpha value is -6.91. The molecule has 3 saturated heterocycles. The molecule has 1 amide bonds. The van der Waals surface area contributed by atoms with E-state index < -0.39 is 42.9 Å². The number of H-pyrrole nitrogens is 1. The predicted octanol–water partition coefficient (Wildman–Crippen LogP) is 9.49. The molecule has 3 aromatic carbocycles. The highest BCUT2D eigenvalue weighted by molar-refractivity contribution is 7.90. The zero-order valence-electron chi connectivity index (χ0n) is 45.8. The molecule has 80 heavy (non-hydrogen) atoms. The molecule has 2 unspecified atom stereocenters. The summed E-state index contributed by atoms with van der Waals surface area (Å²) in [5.41, 5.74) is 3.49. The molecule has 4 N–H and O–H groups in total. The number of aliphatic hydroxyl groups is 1. The molecule has 6 heterocycles. The Morgan fingerprint density at radius 3 is 2.39 bits per heavy atom. The molecule has 0 radical (unpaired) electrons. The summed E-state index contributed by atoms with van der Waals surface area (Å²) in [5, 5.41) is 25.8. The number of carbonyl (C=O) groups is 1. The summed E-state index contributed by atoms with van der Waals surface area (Å²) < 4.78 is 68.9. The van der Waals surface area contributed by atoms with E-state index in [1.54, 1.807) is 26.2 Å². The molecule has 3 atom stereocenters. The largest absolute Gasteiger partial charge is 0.497 e. The van der Waals surface area contributed by atoms with Crippen LogP contribution in [0.2, 0.25) is 0 Å². The number of anilines is 2. The molecular weight excluding hydrogens is 1050 g/mol. The number of halogens is 1. The zero-order valence-corrected chi connectivity index (χ0v) is 46.6. The van der Waals surface area contributed by atoms with Crippen LogP contribution in [0.3, 0.4) is 0 Å². The van der Waals surface area contributed by atoms with Crippen molar-refractivity contribution in [2.75, 3.05) is 63.8 Å². The second kappa shape index (κ2) is 22.2. The van der Waals surface area contributed by atoms with Crippen molar-refractivity contribution in [1.82, 2.24) is 29.5 Å². The topological polar surface area (TPSA) is 227 Å².